The second-order valence-corrected chi connectivity index (χ2v) is 6.17. The first-order valence-electron chi connectivity index (χ1n) is 6.88. The molecule has 0 saturated carbocycles. The van der Waals surface area contributed by atoms with Crippen LogP contribution < -0.4 is 10.2 Å². The van der Waals surface area contributed by atoms with Gasteiger partial charge in [-0.1, -0.05) is 28.9 Å². The van der Waals surface area contributed by atoms with Gasteiger partial charge in [0.05, 0.1) is 0 Å². The molecule has 0 spiro atoms. The van der Waals surface area contributed by atoms with Crippen molar-refractivity contribution in [1.29, 1.82) is 0 Å². The predicted molar refractivity (Wildman–Crippen MR) is 82.4 cm³/mol. The maximum absolute atomic E-state index is 3.58. The van der Waals surface area contributed by atoms with E-state index >= 15 is 0 Å². The van der Waals surface area contributed by atoms with Crippen molar-refractivity contribution in [2.45, 2.75) is 45.7 Å². The van der Waals surface area contributed by atoms with Gasteiger partial charge in [-0.15, -0.1) is 0 Å². The minimum Gasteiger partial charge on any atom is -0.368 e. The van der Waals surface area contributed by atoms with Gasteiger partial charge in [-0.3, -0.25) is 0 Å². The number of rotatable bonds is 3. The van der Waals surface area contributed by atoms with E-state index in [1.54, 1.807) is 0 Å². The molecule has 2 unspecified atom stereocenters. The Balaban J connectivity index is 2.12. The Kier molecular flexibility index (Phi) is 4.68. The summed E-state index contributed by atoms with van der Waals surface area (Å²) in [6, 6.07) is 7.86. The molecule has 1 N–H and O–H groups in total. The molecule has 2 nitrogen and oxygen atoms in total. The molecule has 1 aliphatic rings. The lowest BCUT2D eigenvalue weighted by atomic mass is 9.96. The minimum absolute atomic E-state index is 0.607. The fourth-order valence-corrected chi connectivity index (χ4v) is 3.25. The van der Waals surface area contributed by atoms with Gasteiger partial charge in [-0.05, 0) is 50.9 Å². The van der Waals surface area contributed by atoms with Crippen LogP contribution >= 0.6 is 15.9 Å². The van der Waals surface area contributed by atoms with E-state index < -0.39 is 0 Å². The molecule has 18 heavy (non-hydrogen) atoms. The van der Waals surface area contributed by atoms with Crippen LogP contribution in [-0.4, -0.2) is 25.2 Å². The van der Waals surface area contributed by atoms with Gasteiger partial charge < -0.3 is 10.2 Å². The smallest absolute Gasteiger partial charge is 0.0409 e. The Bertz CT molecular complexity index is 405. The Morgan fingerprint density at radius 3 is 2.89 bits per heavy atom. The van der Waals surface area contributed by atoms with Gasteiger partial charge in [0.25, 0.3) is 0 Å². The average Bonchev–Trinajstić information content (AvgIpc) is 2.33. The van der Waals surface area contributed by atoms with Crippen molar-refractivity contribution < 1.29 is 0 Å². The van der Waals surface area contributed by atoms with E-state index in [0.717, 1.165) is 13.1 Å². The van der Waals surface area contributed by atoms with Crippen molar-refractivity contribution in [2.24, 2.45) is 0 Å². The summed E-state index contributed by atoms with van der Waals surface area (Å²) in [4.78, 5) is 2.55. The number of hydrogen-bond donors (Lipinski definition) is 1. The minimum atomic E-state index is 0.607. The first-order chi connectivity index (χ1) is 8.61. The van der Waals surface area contributed by atoms with Gasteiger partial charge in [0.2, 0.25) is 0 Å². The molecule has 0 aromatic heterocycles. The van der Waals surface area contributed by atoms with E-state index in [-0.39, 0.29) is 0 Å². The normalized spacial score (nSPS) is 24.3. The van der Waals surface area contributed by atoms with Gasteiger partial charge in [0, 0.05) is 28.8 Å². The van der Waals surface area contributed by atoms with Crippen LogP contribution in [0.2, 0.25) is 0 Å². The Labute approximate surface area is 119 Å². The summed E-state index contributed by atoms with van der Waals surface area (Å²) >= 11 is 3.58. The molecule has 2 rings (SSSR count). The number of benzene rings is 1. The lowest BCUT2D eigenvalue weighted by molar-refractivity contribution is 0.374. The number of halogens is 1. The van der Waals surface area contributed by atoms with Crippen LogP contribution in [0.5, 0.6) is 0 Å². The molecule has 1 aromatic rings. The molecule has 1 aromatic carbocycles. The average molecular weight is 311 g/mol. The first-order valence-corrected chi connectivity index (χ1v) is 7.67. The summed E-state index contributed by atoms with van der Waals surface area (Å²) in [5.74, 6) is 0. The SMILES string of the molecule is CCNC1CCN(c2cc(Br)ccc2C)C(C)C1. The van der Waals surface area contributed by atoms with E-state index in [2.05, 4.69) is 65.1 Å². The fraction of sp³-hybridized carbons (Fsp3) is 0.600. The lowest BCUT2D eigenvalue weighted by Gasteiger charge is -2.40. The number of piperidine rings is 1. The second kappa shape index (κ2) is 6.07. The summed E-state index contributed by atoms with van der Waals surface area (Å²) < 4.78 is 1.17. The van der Waals surface area contributed by atoms with Crippen LogP contribution in [0.3, 0.4) is 0 Å². The topological polar surface area (TPSA) is 15.3 Å². The predicted octanol–water partition coefficient (Wildman–Crippen LogP) is 3.72. The van der Waals surface area contributed by atoms with Crippen molar-refractivity contribution in [3.05, 3.63) is 28.2 Å². The number of aryl methyl sites for hydroxylation is 1. The van der Waals surface area contributed by atoms with Crippen molar-refractivity contribution >= 4 is 21.6 Å². The summed E-state index contributed by atoms with van der Waals surface area (Å²) in [7, 11) is 0. The van der Waals surface area contributed by atoms with Crippen molar-refractivity contribution in [2.75, 3.05) is 18.0 Å². The van der Waals surface area contributed by atoms with Crippen molar-refractivity contribution in [1.82, 2.24) is 5.32 Å². The van der Waals surface area contributed by atoms with Gasteiger partial charge in [-0.25, -0.2) is 0 Å². The largest absolute Gasteiger partial charge is 0.368 e. The Morgan fingerprint density at radius 1 is 1.44 bits per heavy atom. The van der Waals surface area contributed by atoms with E-state index in [1.165, 1.54) is 28.6 Å². The van der Waals surface area contributed by atoms with Gasteiger partial charge >= 0.3 is 0 Å². The molecule has 3 heteroatoms. The van der Waals surface area contributed by atoms with Crippen LogP contribution in [-0.2, 0) is 0 Å². The summed E-state index contributed by atoms with van der Waals surface area (Å²) in [5.41, 5.74) is 2.75. The van der Waals surface area contributed by atoms with E-state index in [9.17, 15) is 0 Å². The maximum Gasteiger partial charge on any atom is 0.0409 e. The molecule has 1 aliphatic heterocycles. The zero-order chi connectivity index (χ0) is 13.1. The third-order valence-corrected chi connectivity index (χ3v) is 4.34. The highest BCUT2D eigenvalue weighted by molar-refractivity contribution is 9.10. The summed E-state index contributed by atoms with van der Waals surface area (Å²) in [5, 5.41) is 3.58. The Hall–Kier alpha value is -0.540. The van der Waals surface area contributed by atoms with Crippen molar-refractivity contribution in [3.63, 3.8) is 0 Å². The zero-order valence-electron chi connectivity index (χ0n) is 11.5. The molecular weight excluding hydrogens is 288 g/mol. The molecule has 1 saturated heterocycles. The molecule has 0 radical (unpaired) electrons. The van der Waals surface area contributed by atoms with Gasteiger partial charge in [0.1, 0.15) is 0 Å². The third kappa shape index (κ3) is 3.07. The molecule has 1 heterocycles. The molecule has 0 bridgehead atoms. The lowest BCUT2D eigenvalue weighted by Crippen LogP contribution is -2.47. The van der Waals surface area contributed by atoms with E-state index in [1.807, 2.05) is 0 Å². The van der Waals surface area contributed by atoms with Crippen LogP contribution in [0.4, 0.5) is 5.69 Å². The highest BCUT2D eigenvalue weighted by Crippen LogP contribution is 2.30. The zero-order valence-corrected chi connectivity index (χ0v) is 13.1. The van der Waals surface area contributed by atoms with Crippen LogP contribution in [0.1, 0.15) is 32.3 Å². The van der Waals surface area contributed by atoms with E-state index in [0.29, 0.717) is 12.1 Å². The standard InChI is InChI=1S/C15H23BrN2/c1-4-17-14-7-8-18(12(3)9-14)15-10-13(16)6-5-11(15)2/h5-6,10,12,14,17H,4,7-9H2,1-3H3. The summed E-state index contributed by atoms with van der Waals surface area (Å²) in [6.45, 7) is 8.95. The van der Waals surface area contributed by atoms with Gasteiger partial charge in [0.15, 0.2) is 0 Å². The second-order valence-electron chi connectivity index (χ2n) is 5.25. The molecule has 100 valence electrons. The van der Waals surface area contributed by atoms with Crippen molar-refractivity contribution in [3.8, 4) is 0 Å². The third-order valence-electron chi connectivity index (χ3n) is 3.85. The highest BCUT2D eigenvalue weighted by atomic mass is 79.9. The van der Waals surface area contributed by atoms with Crippen LogP contribution in [0.25, 0.3) is 0 Å². The molecular formula is C15H23BrN2. The highest BCUT2D eigenvalue weighted by Gasteiger charge is 2.25. The number of nitrogens with one attached hydrogen (secondary N) is 1. The fourth-order valence-electron chi connectivity index (χ4n) is 2.90. The molecule has 2 atom stereocenters. The number of hydrogen-bond acceptors (Lipinski definition) is 2. The van der Waals surface area contributed by atoms with Crippen LogP contribution in [0.15, 0.2) is 22.7 Å². The Morgan fingerprint density at radius 2 is 2.22 bits per heavy atom. The number of nitrogens with zero attached hydrogens (tertiary/aromatic N) is 1. The maximum atomic E-state index is 3.58. The molecule has 1 fully saturated rings. The summed E-state index contributed by atoms with van der Waals surface area (Å²) in [6.07, 6.45) is 2.48. The number of anilines is 1. The monoisotopic (exact) mass is 310 g/mol. The molecule has 0 amide bonds. The van der Waals surface area contributed by atoms with Crippen LogP contribution in [0, 0.1) is 6.92 Å². The first kappa shape index (κ1) is 13.9. The molecule has 0 aliphatic carbocycles. The van der Waals surface area contributed by atoms with E-state index in [4.69, 9.17) is 0 Å². The van der Waals surface area contributed by atoms with Gasteiger partial charge in [-0.2, -0.15) is 0 Å². The quantitative estimate of drug-likeness (QED) is 0.915.